The van der Waals surface area contributed by atoms with E-state index in [4.69, 9.17) is 0 Å². The van der Waals surface area contributed by atoms with Crippen LogP contribution in [-0.2, 0) is 26.0 Å². The van der Waals surface area contributed by atoms with E-state index in [-0.39, 0.29) is 42.2 Å². The van der Waals surface area contributed by atoms with Crippen molar-refractivity contribution in [3.8, 4) is 0 Å². The van der Waals surface area contributed by atoms with Crippen molar-refractivity contribution >= 4 is 34.2 Å². The molecule has 25 heavy (non-hydrogen) atoms. The molecule has 140 valence electrons. The van der Waals surface area contributed by atoms with Gasteiger partial charge in [0, 0.05) is 26.6 Å². The van der Waals surface area contributed by atoms with Crippen LogP contribution in [0.2, 0.25) is 0 Å². The Bertz CT molecular complexity index is 707. The molecule has 0 radical (unpaired) electrons. The predicted octanol–water partition coefficient (Wildman–Crippen LogP) is 0.686. The minimum absolute atomic E-state index is 0. The molecule has 1 aliphatic rings. The number of sulfonamides is 1. The Morgan fingerprint density at radius 1 is 1.28 bits per heavy atom. The van der Waals surface area contributed by atoms with Crippen molar-refractivity contribution in [2.45, 2.75) is 37.6 Å². The Labute approximate surface area is 154 Å². The summed E-state index contributed by atoms with van der Waals surface area (Å²) in [5.74, 6) is -0.414. The SMILES string of the molecule is CCc1ccc(S(=O)(=O)NCCN2CCC(NC(C)=O)C2=O)cc1.Cl. The number of nitrogens with zero attached hydrogens (tertiary/aromatic N) is 1. The Morgan fingerprint density at radius 2 is 1.92 bits per heavy atom. The molecular weight excluding hydrogens is 366 g/mol. The first kappa shape index (κ1) is 21.4. The van der Waals surface area contributed by atoms with Crippen LogP contribution in [0.15, 0.2) is 29.2 Å². The van der Waals surface area contributed by atoms with E-state index >= 15 is 0 Å². The Morgan fingerprint density at radius 3 is 2.48 bits per heavy atom. The fraction of sp³-hybridized carbons (Fsp3) is 0.500. The zero-order chi connectivity index (χ0) is 17.7. The number of amides is 2. The summed E-state index contributed by atoms with van der Waals surface area (Å²) < 4.78 is 27.0. The van der Waals surface area contributed by atoms with E-state index in [0.29, 0.717) is 13.0 Å². The first-order valence-electron chi connectivity index (χ1n) is 7.98. The van der Waals surface area contributed by atoms with Gasteiger partial charge in [0.15, 0.2) is 0 Å². The third-order valence-corrected chi connectivity index (χ3v) is 5.47. The average Bonchev–Trinajstić information content (AvgIpc) is 2.87. The van der Waals surface area contributed by atoms with Crippen LogP contribution in [0.3, 0.4) is 0 Å². The molecule has 2 rings (SSSR count). The molecule has 1 saturated heterocycles. The summed E-state index contributed by atoms with van der Waals surface area (Å²) in [7, 11) is -3.58. The van der Waals surface area contributed by atoms with E-state index in [1.165, 1.54) is 6.92 Å². The summed E-state index contributed by atoms with van der Waals surface area (Å²) in [5.41, 5.74) is 1.07. The standard InChI is InChI=1S/C16H23N3O4S.ClH/c1-3-13-4-6-14(7-5-13)24(22,23)17-9-11-19-10-8-15(16(19)21)18-12(2)20;/h4-7,15,17H,3,8-11H2,1-2H3,(H,18,20);1H. The lowest BCUT2D eigenvalue weighted by Crippen LogP contribution is -2.42. The van der Waals surface area contributed by atoms with E-state index in [9.17, 15) is 18.0 Å². The fourth-order valence-corrected chi connectivity index (χ4v) is 3.66. The van der Waals surface area contributed by atoms with Crippen molar-refractivity contribution in [1.82, 2.24) is 14.9 Å². The third kappa shape index (κ3) is 5.69. The largest absolute Gasteiger partial charge is 0.344 e. The van der Waals surface area contributed by atoms with Crippen molar-refractivity contribution in [3.63, 3.8) is 0 Å². The van der Waals surface area contributed by atoms with Crippen LogP contribution in [0.5, 0.6) is 0 Å². The number of carbonyl (C=O) groups excluding carboxylic acids is 2. The maximum Gasteiger partial charge on any atom is 0.245 e. The molecule has 0 aromatic heterocycles. The van der Waals surface area contributed by atoms with Gasteiger partial charge in [-0.1, -0.05) is 19.1 Å². The molecule has 1 heterocycles. The van der Waals surface area contributed by atoms with Gasteiger partial charge in [-0.2, -0.15) is 0 Å². The molecule has 1 fully saturated rings. The van der Waals surface area contributed by atoms with Crippen LogP contribution in [-0.4, -0.2) is 50.8 Å². The molecule has 1 aromatic carbocycles. The molecular formula is C16H24ClN3O4S. The van der Waals surface area contributed by atoms with Gasteiger partial charge in [-0.25, -0.2) is 13.1 Å². The molecule has 1 atom stereocenters. The van der Waals surface area contributed by atoms with E-state index in [2.05, 4.69) is 10.0 Å². The normalized spacial score (nSPS) is 17.3. The van der Waals surface area contributed by atoms with Crippen molar-refractivity contribution in [3.05, 3.63) is 29.8 Å². The maximum absolute atomic E-state index is 12.2. The Kier molecular flexibility index (Phi) is 7.85. The number of aryl methyl sites for hydroxylation is 1. The van der Waals surface area contributed by atoms with E-state index in [1.807, 2.05) is 6.92 Å². The summed E-state index contributed by atoms with van der Waals surface area (Å²) in [4.78, 5) is 24.9. The first-order chi connectivity index (χ1) is 11.3. The van der Waals surface area contributed by atoms with Crippen molar-refractivity contribution in [2.24, 2.45) is 0 Å². The van der Waals surface area contributed by atoms with Crippen molar-refractivity contribution < 1.29 is 18.0 Å². The minimum atomic E-state index is -3.58. The van der Waals surface area contributed by atoms with Crippen LogP contribution in [0.1, 0.15) is 25.8 Å². The molecule has 0 bridgehead atoms. The number of halogens is 1. The molecule has 0 spiro atoms. The van der Waals surface area contributed by atoms with E-state index in [1.54, 1.807) is 29.2 Å². The highest BCUT2D eigenvalue weighted by atomic mass is 35.5. The number of carbonyl (C=O) groups is 2. The van der Waals surface area contributed by atoms with Gasteiger partial charge in [-0.05, 0) is 30.5 Å². The lowest BCUT2D eigenvalue weighted by Gasteiger charge is -2.17. The first-order valence-corrected chi connectivity index (χ1v) is 9.46. The van der Waals surface area contributed by atoms with Crippen LogP contribution < -0.4 is 10.0 Å². The highest BCUT2D eigenvalue weighted by Gasteiger charge is 2.31. The van der Waals surface area contributed by atoms with Gasteiger partial charge in [0.2, 0.25) is 21.8 Å². The maximum atomic E-state index is 12.2. The molecule has 2 N–H and O–H groups in total. The van der Waals surface area contributed by atoms with Gasteiger partial charge in [0.25, 0.3) is 0 Å². The van der Waals surface area contributed by atoms with Gasteiger partial charge in [0.05, 0.1) is 4.90 Å². The van der Waals surface area contributed by atoms with Crippen molar-refractivity contribution in [1.29, 1.82) is 0 Å². The molecule has 1 aliphatic heterocycles. The van der Waals surface area contributed by atoms with E-state index in [0.717, 1.165) is 12.0 Å². The summed E-state index contributed by atoms with van der Waals surface area (Å²) in [6.07, 6.45) is 1.39. The van der Waals surface area contributed by atoms with Gasteiger partial charge in [-0.15, -0.1) is 12.4 Å². The quantitative estimate of drug-likeness (QED) is 0.717. The van der Waals surface area contributed by atoms with Gasteiger partial charge in [-0.3, -0.25) is 9.59 Å². The minimum Gasteiger partial charge on any atom is -0.344 e. The van der Waals surface area contributed by atoms with Gasteiger partial charge in [0.1, 0.15) is 6.04 Å². The summed E-state index contributed by atoms with van der Waals surface area (Å²) in [5, 5.41) is 2.60. The smallest absolute Gasteiger partial charge is 0.245 e. The third-order valence-electron chi connectivity index (χ3n) is 3.99. The average molecular weight is 390 g/mol. The number of rotatable bonds is 7. The van der Waals surface area contributed by atoms with Crippen LogP contribution in [0.4, 0.5) is 0 Å². The Balaban J connectivity index is 0.00000312. The number of nitrogens with one attached hydrogen (secondary N) is 2. The zero-order valence-corrected chi connectivity index (χ0v) is 16.0. The lowest BCUT2D eigenvalue weighted by molar-refractivity contribution is -0.132. The summed E-state index contributed by atoms with van der Waals surface area (Å²) in [6.45, 7) is 4.30. The second-order valence-electron chi connectivity index (χ2n) is 5.76. The number of likely N-dealkylation sites (tertiary alicyclic amines) is 1. The second-order valence-corrected chi connectivity index (χ2v) is 7.53. The molecule has 0 aliphatic carbocycles. The lowest BCUT2D eigenvalue weighted by atomic mass is 10.2. The number of hydrogen-bond acceptors (Lipinski definition) is 4. The molecule has 1 unspecified atom stereocenters. The predicted molar refractivity (Wildman–Crippen MR) is 97.1 cm³/mol. The monoisotopic (exact) mass is 389 g/mol. The van der Waals surface area contributed by atoms with Gasteiger partial charge < -0.3 is 10.2 Å². The summed E-state index contributed by atoms with van der Waals surface area (Å²) >= 11 is 0. The van der Waals surface area contributed by atoms with Crippen LogP contribution in [0.25, 0.3) is 0 Å². The molecule has 2 amide bonds. The second kappa shape index (κ2) is 9.17. The van der Waals surface area contributed by atoms with Gasteiger partial charge >= 0.3 is 0 Å². The fourth-order valence-electron chi connectivity index (χ4n) is 2.64. The molecule has 9 heteroatoms. The van der Waals surface area contributed by atoms with E-state index < -0.39 is 16.1 Å². The Hall–Kier alpha value is -1.64. The van der Waals surface area contributed by atoms with Crippen LogP contribution in [0, 0.1) is 0 Å². The highest BCUT2D eigenvalue weighted by Crippen LogP contribution is 2.12. The zero-order valence-electron chi connectivity index (χ0n) is 14.3. The highest BCUT2D eigenvalue weighted by molar-refractivity contribution is 7.89. The van der Waals surface area contributed by atoms with Crippen LogP contribution >= 0.6 is 12.4 Å². The molecule has 1 aromatic rings. The topological polar surface area (TPSA) is 95.6 Å². The number of hydrogen-bond donors (Lipinski definition) is 2. The molecule has 7 nitrogen and oxygen atoms in total. The number of benzene rings is 1. The molecule has 0 saturated carbocycles. The summed E-state index contributed by atoms with van der Waals surface area (Å²) in [6, 6.07) is 6.23. The van der Waals surface area contributed by atoms with Crippen molar-refractivity contribution in [2.75, 3.05) is 19.6 Å².